The van der Waals surface area contributed by atoms with Crippen molar-refractivity contribution in [2.75, 3.05) is 5.32 Å². The third-order valence-corrected chi connectivity index (χ3v) is 4.09. The van der Waals surface area contributed by atoms with Crippen LogP contribution in [-0.4, -0.2) is 21.6 Å². The molecule has 122 valence electrons. The number of furan rings is 1. The molecule has 0 spiro atoms. The highest BCUT2D eigenvalue weighted by atomic mass is 16.3. The van der Waals surface area contributed by atoms with E-state index in [1.807, 2.05) is 0 Å². The fourth-order valence-electron chi connectivity index (χ4n) is 2.78. The maximum atomic E-state index is 12.2. The highest BCUT2D eigenvalue weighted by Gasteiger charge is 2.24. The van der Waals surface area contributed by atoms with E-state index in [0.29, 0.717) is 18.1 Å². The molecule has 2 N–H and O–H groups in total. The number of nitrogens with zero attached hydrogens (tertiary/aromatic N) is 2. The van der Waals surface area contributed by atoms with Gasteiger partial charge in [-0.1, -0.05) is 12.8 Å². The number of aryl methyl sites for hydroxylation is 1. The molecule has 1 saturated carbocycles. The van der Waals surface area contributed by atoms with Crippen LogP contribution in [0.2, 0.25) is 0 Å². The maximum Gasteiger partial charge on any atom is 0.272 e. The van der Waals surface area contributed by atoms with E-state index in [4.69, 9.17) is 4.42 Å². The Labute approximate surface area is 134 Å². The van der Waals surface area contributed by atoms with Crippen molar-refractivity contribution in [1.29, 1.82) is 0 Å². The first-order valence-corrected chi connectivity index (χ1v) is 7.79. The second-order valence-electron chi connectivity index (χ2n) is 5.77. The number of carbonyl (C=O) groups excluding carboxylic acids is 2. The zero-order valence-corrected chi connectivity index (χ0v) is 13.0. The van der Waals surface area contributed by atoms with Gasteiger partial charge >= 0.3 is 0 Å². The normalized spacial score (nSPS) is 14.8. The molecule has 2 aromatic heterocycles. The van der Waals surface area contributed by atoms with E-state index >= 15 is 0 Å². The van der Waals surface area contributed by atoms with Crippen molar-refractivity contribution in [2.24, 2.45) is 13.0 Å². The lowest BCUT2D eigenvalue weighted by Crippen LogP contribution is -2.23. The second kappa shape index (κ2) is 6.68. The van der Waals surface area contributed by atoms with Crippen molar-refractivity contribution in [3.63, 3.8) is 0 Å². The van der Waals surface area contributed by atoms with Crippen molar-refractivity contribution in [3.8, 4) is 0 Å². The summed E-state index contributed by atoms with van der Waals surface area (Å²) in [4.78, 5) is 24.3. The van der Waals surface area contributed by atoms with Crippen molar-refractivity contribution >= 4 is 17.6 Å². The van der Waals surface area contributed by atoms with Crippen LogP contribution in [0, 0.1) is 5.92 Å². The third kappa shape index (κ3) is 3.61. The Morgan fingerprint density at radius 1 is 1.39 bits per heavy atom. The van der Waals surface area contributed by atoms with E-state index in [9.17, 15) is 9.59 Å². The fourth-order valence-corrected chi connectivity index (χ4v) is 2.78. The van der Waals surface area contributed by atoms with Crippen molar-refractivity contribution in [1.82, 2.24) is 15.1 Å². The molecule has 2 amide bonds. The van der Waals surface area contributed by atoms with Crippen LogP contribution in [0.4, 0.5) is 5.82 Å². The molecule has 0 saturated heterocycles. The van der Waals surface area contributed by atoms with Crippen LogP contribution in [0.3, 0.4) is 0 Å². The van der Waals surface area contributed by atoms with Crippen LogP contribution in [-0.2, 0) is 18.4 Å². The number of nitrogens with one attached hydrogen (secondary N) is 2. The molecule has 23 heavy (non-hydrogen) atoms. The Morgan fingerprint density at radius 3 is 2.87 bits per heavy atom. The van der Waals surface area contributed by atoms with Crippen molar-refractivity contribution in [3.05, 3.63) is 35.9 Å². The molecule has 0 unspecified atom stereocenters. The van der Waals surface area contributed by atoms with E-state index in [2.05, 4.69) is 15.7 Å². The zero-order valence-electron chi connectivity index (χ0n) is 13.0. The third-order valence-electron chi connectivity index (χ3n) is 4.09. The fraction of sp³-hybridized carbons (Fsp3) is 0.438. The minimum atomic E-state index is -0.307. The van der Waals surface area contributed by atoms with Crippen molar-refractivity contribution in [2.45, 2.75) is 32.2 Å². The number of hydrogen-bond donors (Lipinski definition) is 2. The molecule has 7 heteroatoms. The molecule has 0 aliphatic heterocycles. The van der Waals surface area contributed by atoms with Crippen LogP contribution in [0.5, 0.6) is 0 Å². The lowest BCUT2D eigenvalue weighted by Gasteiger charge is -2.09. The largest absolute Gasteiger partial charge is 0.467 e. The minimum absolute atomic E-state index is 0.00745. The number of amides is 2. The molecule has 1 aliphatic rings. The highest BCUT2D eigenvalue weighted by molar-refractivity contribution is 5.96. The van der Waals surface area contributed by atoms with E-state index in [0.717, 1.165) is 25.7 Å². The van der Waals surface area contributed by atoms with Crippen LogP contribution in [0.15, 0.2) is 28.9 Å². The lowest BCUT2D eigenvalue weighted by molar-refractivity contribution is -0.119. The highest BCUT2D eigenvalue weighted by Crippen LogP contribution is 2.26. The molecule has 2 aromatic rings. The van der Waals surface area contributed by atoms with E-state index in [1.165, 1.54) is 4.68 Å². The first-order chi connectivity index (χ1) is 11.1. The number of hydrogen-bond acceptors (Lipinski definition) is 4. The summed E-state index contributed by atoms with van der Waals surface area (Å²) in [5.74, 6) is 0.974. The lowest BCUT2D eigenvalue weighted by atomic mass is 10.1. The first kappa shape index (κ1) is 15.3. The summed E-state index contributed by atoms with van der Waals surface area (Å²) < 4.78 is 6.67. The van der Waals surface area contributed by atoms with Gasteiger partial charge in [-0.15, -0.1) is 0 Å². The monoisotopic (exact) mass is 316 g/mol. The minimum Gasteiger partial charge on any atom is -0.467 e. The molecule has 1 aliphatic carbocycles. The number of anilines is 1. The van der Waals surface area contributed by atoms with Gasteiger partial charge in [0.25, 0.3) is 5.91 Å². The number of carbonyl (C=O) groups is 2. The summed E-state index contributed by atoms with van der Waals surface area (Å²) in [7, 11) is 1.70. The van der Waals surface area contributed by atoms with Crippen LogP contribution in [0.25, 0.3) is 0 Å². The summed E-state index contributed by atoms with van der Waals surface area (Å²) >= 11 is 0. The molecule has 0 atom stereocenters. The molecule has 0 bridgehead atoms. The average molecular weight is 316 g/mol. The van der Waals surface area contributed by atoms with Gasteiger partial charge in [-0.3, -0.25) is 14.3 Å². The van der Waals surface area contributed by atoms with Gasteiger partial charge in [0.15, 0.2) is 5.69 Å². The Morgan fingerprint density at radius 2 is 2.17 bits per heavy atom. The molecule has 0 radical (unpaired) electrons. The van der Waals surface area contributed by atoms with Gasteiger partial charge < -0.3 is 15.1 Å². The average Bonchev–Trinajstić information content (AvgIpc) is 3.27. The molecular formula is C16H20N4O3. The quantitative estimate of drug-likeness (QED) is 0.883. The molecule has 1 fully saturated rings. The molecule has 2 heterocycles. The van der Waals surface area contributed by atoms with E-state index in [-0.39, 0.29) is 23.4 Å². The van der Waals surface area contributed by atoms with E-state index in [1.54, 1.807) is 31.5 Å². The summed E-state index contributed by atoms with van der Waals surface area (Å²) in [6.45, 7) is 0.298. The molecule has 7 nitrogen and oxygen atoms in total. The second-order valence-corrected chi connectivity index (χ2v) is 5.77. The Hall–Kier alpha value is -2.57. The van der Waals surface area contributed by atoms with Gasteiger partial charge in [-0.25, -0.2) is 0 Å². The van der Waals surface area contributed by atoms with Gasteiger partial charge in [0, 0.05) is 19.0 Å². The number of aromatic nitrogens is 2. The van der Waals surface area contributed by atoms with Gasteiger partial charge in [0.1, 0.15) is 11.6 Å². The van der Waals surface area contributed by atoms with Crippen molar-refractivity contribution < 1.29 is 14.0 Å². The Balaban J connectivity index is 1.60. The van der Waals surface area contributed by atoms with Crippen LogP contribution >= 0.6 is 0 Å². The van der Waals surface area contributed by atoms with Gasteiger partial charge in [0.05, 0.1) is 12.8 Å². The van der Waals surface area contributed by atoms with E-state index < -0.39 is 0 Å². The predicted molar refractivity (Wildman–Crippen MR) is 83.7 cm³/mol. The van der Waals surface area contributed by atoms with Crippen LogP contribution < -0.4 is 10.6 Å². The Kier molecular flexibility index (Phi) is 4.45. The summed E-state index contributed by atoms with van der Waals surface area (Å²) in [6, 6.07) is 5.13. The maximum absolute atomic E-state index is 12.2. The topological polar surface area (TPSA) is 89.2 Å². The van der Waals surface area contributed by atoms with Gasteiger partial charge in [-0.05, 0) is 25.0 Å². The first-order valence-electron chi connectivity index (χ1n) is 7.79. The summed E-state index contributed by atoms with van der Waals surface area (Å²) in [6.07, 6.45) is 5.62. The Bertz CT molecular complexity index is 684. The van der Waals surface area contributed by atoms with Gasteiger partial charge in [-0.2, -0.15) is 5.10 Å². The molecule has 0 aromatic carbocycles. The van der Waals surface area contributed by atoms with Crippen LogP contribution in [0.1, 0.15) is 41.9 Å². The zero-order chi connectivity index (χ0) is 16.2. The van der Waals surface area contributed by atoms with Gasteiger partial charge in [0.2, 0.25) is 5.91 Å². The standard InChI is InChI=1S/C16H20N4O3/c1-20-14(18-15(21)11-5-2-3-6-11)9-13(19-20)16(22)17-10-12-7-4-8-23-12/h4,7-9,11H,2-3,5-6,10H2,1H3,(H,17,22)(H,18,21). The molecular weight excluding hydrogens is 296 g/mol. The molecule has 3 rings (SSSR count). The summed E-state index contributed by atoms with van der Waals surface area (Å²) in [5, 5.41) is 9.74. The number of rotatable bonds is 5. The SMILES string of the molecule is Cn1nc(C(=O)NCc2ccco2)cc1NC(=O)C1CCCC1. The summed E-state index contributed by atoms with van der Waals surface area (Å²) in [5.41, 5.74) is 0.265. The predicted octanol–water partition coefficient (Wildman–Crippen LogP) is 2.07. The smallest absolute Gasteiger partial charge is 0.272 e.